The average molecular weight is 862 g/mol. The first-order chi connectivity index (χ1) is 28.4. The van der Waals surface area contributed by atoms with Gasteiger partial charge in [0, 0.05) is 0 Å². The van der Waals surface area contributed by atoms with Crippen LogP contribution in [0.25, 0.3) is 0 Å². The van der Waals surface area contributed by atoms with Crippen molar-refractivity contribution in [2.45, 2.75) is 83.1 Å². The predicted octanol–water partition coefficient (Wildman–Crippen LogP) is 16.0. The van der Waals surface area contributed by atoms with Crippen molar-refractivity contribution in [3.8, 4) is 34.5 Å². The monoisotopic (exact) mass is 861 g/mol. The Morgan fingerprint density at radius 3 is 0.517 bits per heavy atom. The van der Waals surface area contributed by atoms with Gasteiger partial charge in [0.05, 0.1) is 0 Å². The molecule has 0 saturated carbocycles. The molecule has 6 aromatic rings. The summed E-state index contributed by atoms with van der Waals surface area (Å²) in [6.45, 7) is 24.6. The maximum atomic E-state index is 7.12. The van der Waals surface area contributed by atoms with Gasteiger partial charge >= 0.3 is 23.0 Å². The van der Waals surface area contributed by atoms with E-state index in [4.69, 9.17) is 40.7 Å². The molecule has 9 nitrogen and oxygen atoms in total. The van der Waals surface area contributed by atoms with Crippen LogP contribution in [-0.2, 0) is 0 Å². The van der Waals surface area contributed by atoms with Crippen LogP contribution < -0.4 is 27.1 Å². The average Bonchev–Trinajstić information content (AvgIpc) is 3.17. The molecule has 312 valence electrons. The van der Waals surface area contributed by atoms with Gasteiger partial charge in [0.25, 0.3) is 0 Å². The van der Waals surface area contributed by atoms with E-state index in [2.05, 4.69) is 41.5 Å². The van der Waals surface area contributed by atoms with E-state index in [-0.39, 0.29) is 0 Å². The Balaban J connectivity index is 1.62. The maximum Gasteiger partial charge on any atom is 0.460 e. The molecule has 0 aromatic heterocycles. The molecule has 1 aliphatic heterocycles. The molecule has 0 radical (unpaired) electrons. The summed E-state index contributed by atoms with van der Waals surface area (Å²) in [5, 5.41) is 0. The van der Waals surface area contributed by atoms with Gasteiger partial charge in [-0.15, -0.1) is 0 Å². The van der Waals surface area contributed by atoms with E-state index >= 15 is 0 Å². The molecule has 60 heavy (non-hydrogen) atoms. The van der Waals surface area contributed by atoms with Crippen molar-refractivity contribution >= 4 is 23.0 Å². The zero-order valence-electron chi connectivity index (χ0n) is 36.5. The van der Waals surface area contributed by atoms with Crippen LogP contribution in [0.15, 0.2) is 123 Å². The lowest BCUT2D eigenvalue weighted by atomic mass is 10.1. The fraction of sp³-hybridized carbons (Fsp3) is 0.250. The molecule has 1 heterocycles. The second kappa shape index (κ2) is 17.1. The molecular formula is C48H54N3O6P3. The minimum Gasteiger partial charge on any atom is -0.413 e. The van der Waals surface area contributed by atoms with E-state index in [9.17, 15) is 0 Å². The van der Waals surface area contributed by atoms with Gasteiger partial charge in [0.15, 0.2) is 0 Å². The standard InChI is InChI=1S/C48H54N3O6P3/c1-31-13-19-43(25-37(31)7)52-58(53-44-20-14-32(2)38(8)26-44)49-59(54-45-21-15-33(3)39(9)27-45,55-46-22-16-34(4)40(10)28-46)51-60(50-58,56-47-23-17-35(5)41(11)29-47)57-48-24-18-36(6)42(12)30-48/h13-30H,1-12H3. The van der Waals surface area contributed by atoms with Gasteiger partial charge in [-0.05, 0) is 223 Å². The second-order valence-corrected chi connectivity index (χ2v) is 21.9. The zero-order valence-corrected chi connectivity index (χ0v) is 39.2. The van der Waals surface area contributed by atoms with Crippen molar-refractivity contribution in [2.24, 2.45) is 13.5 Å². The van der Waals surface area contributed by atoms with Crippen molar-refractivity contribution in [2.75, 3.05) is 0 Å². The summed E-state index contributed by atoms with van der Waals surface area (Å²) < 4.78 is 59.0. The first kappa shape index (κ1) is 42.9. The third-order valence-electron chi connectivity index (χ3n) is 10.9. The largest absolute Gasteiger partial charge is 0.460 e. The highest BCUT2D eigenvalue weighted by Gasteiger charge is 2.49. The molecule has 0 fully saturated rings. The van der Waals surface area contributed by atoms with Gasteiger partial charge < -0.3 is 27.1 Å². The number of nitrogens with zero attached hydrogens (tertiary/aromatic N) is 3. The first-order valence-electron chi connectivity index (χ1n) is 19.9. The molecule has 0 amide bonds. The molecule has 0 N–H and O–H groups in total. The molecule has 7 rings (SSSR count). The first-order valence-corrected chi connectivity index (χ1v) is 24.5. The van der Waals surface area contributed by atoms with E-state index in [0.29, 0.717) is 34.5 Å². The number of benzene rings is 6. The maximum absolute atomic E-state index is 7.12. The van der Waals surface area contributed by atoms with E-state index in [0.717, 1.165) is 66.8 Å². The normalized spacial score (nSPS) is 14.8. The third-order valence-corrected chi connectivity index (χ3v) is 19.0. The van der Waals surface area contributed by atoms with Crippen LogP contribution in [0.2, 0.25) is 0 Å². The van der Waals surface area contributed by atoms with Crippen LogP contribution in [0.3, 0.4) is 0 Å². The van der Waals surface area contributed by atoms with Crippen LogP contribution in [0.1, 0.15) is 66.8 Å². The summed E-state index contributed by atoms with van der Waals surface area (Å²) in [6.07, 6.45) is 0. The van der Waals surface area contributed by atoms with Crippen LogP contribution in [0.4, 0.5) is 0 Å². The van der Waals surface area contributed by atoms with Crippen molar-refractivity contribution in [3.05, 3.63) is 176 Å². The van der Waals surface area contributed by atoms with E-state index in [1.54, 1.807) is 0 Å². The van der Waals surface area contributed by atoms with Gasteiger partial charge in [-0.25, -0.2) is 0 Å². The highest BCUT2D eigenvalue weighted by molar-refractivity contribution is 7.79. The third kappa shape index (κ3) is 9.71. The molecule has 0 unspecified atom stereocenters. The van der Waals surface area contributed by atoms with Crippen LogP contribution in [-0.4, -0.2) is 0 Å². The van der Waals surface area contributed by atoms with Crippen LogP contribution in [0.5, 0.6) is 34.5 Å². The molecule has 1 aliphatic rings. The van der Waals surface area contributed by atoms with Crippen LogP contribution >= 0.6 is 23.0 Å². The number of rotatable bonds is 12. The summed E-state index contributed by atoms with van der Waals surface area (Å²) in [5.74, 6) is 2.98. The molecule has 12 heteroatoms. The second-order valence-electron chi connectivity index (χ2n) is 15.8. The topological polar surface area (TPSA) is 92.5 Å². The number of aryl methyl sites for hydroxylation is 12. The number of hydrogen-bond donors (Lipinski definition) is 0. The Morgan fingerprint density at radius 2 is 0.383 bits per heavy atom. The Kier molecular flexibility index (Phi) is 12.2. The summed E-state index contributed by atoms with van der Waals surface area (Å²) in [7, 11) is -12.1. The molecular weight excluding hydrogens is 807 g/mol. The molecule has 0 saturated heterocycles. The van der Waals surface area contributed by atoms with Crippen molar-refractivity contribution in [1.82, 2.24) is 0 Å². The van der Waals surface area contributed by atoms with Gasteiger partial charge in [-0.2, -0.15) is 0 Å². The van der Waals surface area contributed by atoms with Crippen LogP contribution in [0, 0.1) is 83.1 Å². The summed E-state index contributed by atoms with van der Waals surface area (Å²) in [6, 6.07) is 35.2. The van der Waals surface area contributed by atoms with Crippen molar-refractivity contribution in [1.29, 1.82) is 0 Å². The Labute approximate surface area is 355 Å². The highest BCUT2D eigenvalue weighted by atomic mass is 31.3. The van der Waals surface area contributed by atoms with Crippen molar-refractivity contribution in [3.63, 3.8) is 0 Å². The lowest BCUT2D eigenvalue weighted by Gasteiger charge is -2.33. The van der Waals surface area contributed by atoms with E-state index < -0.39 is 23.0 Å². The van der Waals surface area contributed by atoms with Gasteiger partial charge in [-0.3, -0.25) is 0 Å². The summed E-state index contributed by atoms with van der Waals surface area (Å²) in [4.78, 5) is 0. The highest BCUT2D eigenvalue weighted by Crippen LogP contribution is 2.78. The summed E-state index contributed by atoms with van der Waals surface area (Å²) >= 11 is 0. The SMILES string of the molecule is Cc1ccc(OP2(Oc3ccc(C)c(C)c3)=NP(Oc3ccc(C)c(C)c3)(Oc3ccc(C)c(C)c3)=NP(Oc3ccc(C)c(C)c3)(Oc3ccc(C)c(C)c3)=N2)cc1C. The van der Waals surface area contributed by atoms with Crippen molar-refractivity contribution < 1.29 is 27.1 Å². The summed E-state index contributed by atoms with van der Waals surface area (Å²) in [5.41, 5.74) is 12.8. The van der Waals surface area contributed by atoms with E-state index in [1.165, 1.54) is 0 Å². The Hall–Kier alpha value is -5.19. The number of hydrogen-bond acceptors (Lipinski definition) is 9. The lowest BCUT2D eigenvalue weighted by Crippen LogP contribution is -2.11. The minimum atomic E-state index is -4.03. The molecule has 0 spiro atoms. The van der Waals surface area contributed by atoms with Gasteiger partial charge in [-0.1, -0.05) is 49.9 Å². The molecule has 0 atom stereocenters. The Morgan fingerprint density at radius 1 is 0.233 bits per heavy atom. The van der Waals surface area contributed by atoms with E-state index in [1.807, 2.05) is 151 Å². The quantitative estimate of drug-likeness (QED) is 0.114. The fourth-order valence-electron chi connectivity index (χ4n) is 6.21. The lowest BCUT2D eigenvalue weighted by molar-refractivity contribution is 0.442. The molecule has 6 aromatic carbocycles. The predicted molar refractivity (Wildman–Crippen MR) is 247 cm³/mol. The smallest absolute Gasteiger partial charge is 0.413 e. The van der Waals surface area contributed by atoms with Gasteiger partial charge in [0.1, 0.15) is 34.5 Å². The fourth-order valence-corrected chi connectivity index (χ4v) is 15.2. The Bertz CT molecular complexity index is 2320. The van der Waals surface area contributed by atoms with Gasteiger partial charge in [0.2, 0.25) is 0 Å². The zero-order chi connectivity index (χ0) is 43.0. The molecule has 0 aliphatic carbocycles. The molecule has 0 bridgehead atoms. The minimum absolute atomic E-state index is 0.496.